The summed E-state index contributed by atoms with van der Waals surface area (Å²) in [4.78, 5) is 11.0. The maximum absolute atomic E-state index is 11.0. The molecule has 2 N–H and O–H groups in total. The Bertz CT molecular complexity index is 1130. The van der Waals surface area contributed by atoms with E-state index in [0.29, 0.717) is 18.7 Å². The van der Waals surface area contributed by atoms with Crippen molar-refractivity contribution in [3.05, 3.63) is 89.0 Å². The summed E-state index contributed by atoms with van der Waals surface area (Å²) < 4.78 is 6.09. The highest BCUT2D eigenvalue weighted by molar-refractivity contribution is 5.71. The van der Waals surface area contributed by atoms with Gasteiger partial charge in [0.05, 0.1) is 12.5 Å². The number of carbonyl (C=O) groups is 1. The lowest BCUT2D eigenvalue weighted by molar-refractivity contribution is -0.145. The van der Waals surface area contributed by atoms with E-state index in [9.17, 15) is 4.79 Å². The minimum absolute atomic E-state index is 0.169. The SMILES string of the molecule is Cc1cc(CCOc2ccc3c(c2)CCC3NC2CC(C(=O)O)C2)ccc1-c1ccccc1. The number of ether oxygens (including phenoxy) is 1. The van der Waals surface area contributed by atoms with Crippen LogP contribution in [0.15, 0.2) is 66.7 Å². The van der Waals surface area contributed by atoms with Gasteiger partial charge in [0.15, 0.2) is 0 Å². The molecule has 2 aliphatic rings. The molecule has 5 rings (SSSR count). The monoisotopic (exact) mass is 441 g/mol. The average molecular weight is 442 g/mol. The van der Waals surface area contributed by atoms with Crippen molar-refractivity contribution in [1.82, 2.24) is 5.32 Å². The third-order valence-electron chi connectivity index (χ3n) is 7.15. The van der Waals surface area contributed by atoms with Gasteiger partial charge in [-0.25, -0.2) is 0 Å². The summed E-state index contributed by atoms with van der Waals surface area (Å²) in [7, 11) is 0. The van der Waals surface area contributed by atoms with E-state index in [1.165, 1.54) is 33.4 Å². The van der Waals surface area contributed by atoms with Crippen LogP contribution in [0.2, 0.25) is 0 Å². The van der Waals surface area contributed by atoms with Gasteiger partial charge in [-0.2, -0.15) is 0 Å². The van der Waals surface area contributed by atoms with Crippen LogP contribution in [-0.4, -0.2) is 23.7 Å². The van der Waals surface area contributed by atoms with Gasteiger partial charge in [-0.05, 0) is 78.1 Å². The van der Waals surface area contributed by atoms with E-state index < -0.39 is 5.97 Å². The van der Waals surface area contributed by atoms with Gasteiger partial charge in [-0.1, -0.05) is 54.6 Å². The lowest BCUT2D eigenvalue weighted by Crippen LogP contribution is -2.45. The molecule has 0 aromatic heterocycles. The normalized spacial score (nSPS) is 21.3. The molecule has 3 aromatic rings. The third kappa shape index (κ3) is 4.81. The van der Waals surface area contributed by atoms with Crippen LogP contribution in [0, 0.1) is 12.8 Å². The molecule has 0 bridgehead atoms. The first kappa shape index (κ1) is 21.7. The largest absolute Gasteiger partial charge is 0.493 e. The molecule has 1 unspecified atom stereocenters. The molecule has 1 saturated carbocycles. The fraction of sp³-hybridized carbons (Fsp3) is 0.345. The number of aliphatic carboxylic acids is 1. The molecular formula is C29H31NO3. The second kappa shape index (κ2) is 9.40. The standard InChI is InChI=1S/C29H31NO3/c1-19-15-20(7-10-26(19)21-5-3-2-4-6-21)13-14-33-25-9-11-27-22(18-25)8-12-28(27)30-24-16-23(17-24)29(31)32/h2-7,9-11,15,18,23-24,28,30H,8,12-14,16-17H2,1H3,(H,31,32). The molecular weight excluding hydrogens is 410 g/mol. The van der Waals surface area contributed by atoms with Gasteiger partial charge in [0.1, 0.15) is 5.75 Å². The summed E-state index contributed by atoms with van der Waals surface area (Å²) in [6, 6.07) is 24.3. The van der Waals surface area contributed by atoms with Crippen molar-refractivity contribution in [2.24, 2.45) is 5.92 Å². The number of fused-ring (bicyclic) bond motifs is 1. The summed E-state index contributed by atoms with van der Waals surface area (Å²) in [5.41, 5.74) is 7.80. The molecule has 0 spiro atoms. The number of aryl methyl sites for hydroxylation is 2. The zero-order valence-electron chi connectivity index (χ0n) is 19.1. The van der Waals surface area contributed by atoms with Crippen LogP contribution in [0.25, 0.3) is 11.1 Å². The fourth-order valence-electron chi connectivity index (χ4n) is 5.21. The van der Waals surface area contributed by atoms with E-state index in [1.807, 2.05) is 6.07 Å². The van der Waals surface area contributed by atoms with Gasteiger partial charge >= 0.3 is 5.97 Å². The first-order valence-corrected chi connectivity index (χ1v) is 12.0. The number of carboxylic acid groups (broad SMARTS) is 1. The molecule has 0 saturated heterocycles. The van der Waals surface area contributed by atoms with Crippen molar-refractivity contribution in [1.29, 1.82) is 0 Å². The summed E-state index contributed by atoms with van der Waals surface area (Å²) in [5, 5.41) is 12.7. The number of hydrogen-bond acceptors (Lipinski definition) is 3. The first-order valence-electron chi connectivity index (χ1n) is 12.0. The molecule has 2 aliphatic carbocycles. The molecule has 1 fully saturated rings. The molecule has 4 nitrogen and oxygen atoms in total. The highest BCUT2D eigenvalue weighted by Crippen LogP contribution is 2.37. The molecule has 0 heterocycles. The van der Waals surface area contributed by atoms with Crippen molar-refractivity contribution in [2.45, 2.75) is 51.1 Å². The molecule has 33 heavy (non-hydrogen) atoms. The lowest BCUT2D eigenvalue weighted by Gasteiger charge is -2.35. The van der Waals surface area contributed by atoms with Crippen LogP contribution in [0.3, 0.4) is 0 Å². The Morgan fingerprint density at radius 2 is 1.88 bits per heavy atom. The predicted octanol–water partition coefficient (Wildman–Crippen LogP) is 5.72. The maximum Gasteiger partial charge on any atom is 0.306 e. The topological polar surface area (TPSA) is 58.6 Å². The Morgan fingerprint density at radius 1 is 1.06 bits per heavy atom. The molecule has 0 radical (unpaired) electrons. The second-order valence-corrected chi connectivity index (χ2v) is 9.44. The average Bonchev–Trinajstić information content (AvgIpc) is 3.18. The van der Waals surface area contributed by atoms with E-state index in [4.69, 9.17) is 9.84 Å². The van der Waals surface area contributed by atoms with E-state index in [0.717, 1.165) is 37.9 Å². The summed E-state index contributed by atoms with van der Waals surface area (Å²) in [5.74, 6) is 0.100. The van der Waals surface area contributed by atoms with Gasteiger partial charge < -0.3 is 15.2 Å². The molecule has 1 atom stereocenters. The van der Waals surface area contributed by atoms with Gasteiger partial charge in [-0.3, -0.25) is 4.79 Å². The van der Waals surface area contributed by atoms with Crippen molar-refractivity contribution < 1.29 is 14.6 Å². The second-order valence-electron chi connectivity index (χ2n) is 9.44. The number of rotatable bonds is 8. The molecule has 4 heteroatoms. The van der Waals surface area contributed by atoms with Crippen LogP contribution >= 0.6 is 0 Å². The van der Waals surface area contributed by atoms with Gasteiger partial charge in [0, 0.05) is 18.5 Å². The summed E-state index contributed by atoms with van der Waals surface area (Å²) in [6.07, 6.45) is 4.48. The zero-order valence-corrected chi connectivity index (χ0v) is 19.1. The molecule has 3 aromatic carbocycles. The number of benzene rings is 3. The van der Waals surface area contributed by atoms with Crippen molar-refractivity contribution >= 4 is 5.97 Å². The maximum atomic E-state index is 11.0. The Kier molecular flexibility index (Phi) is 6.19. The highest BCUT2D eigenvalue weighted by atomic mass is 16.5. The van der Waals surface area contributed by atoms with E-state index in [1.54, 1.807) is 0 Å². The third-order valence-corrected chi connectivity index (χ3v) is 7.15. The first-order chi connectivity index (χ1) is 16.1. The highest BCUT2D eigenvalue weighted by Gasteiger charge is 2.36. The van der Waals surface area contributed by atoms with E-state index >= 15 is 0 Å². The van der Waals surface area contributed by atoms with Gasteiger partial charge in [0.25, 0.3) is 0 Å². The Labute approximate surface area is 195 Å². The molecule has 170 valence electrons. The lowest BCUT2D eigenvalue weighted by atomic mass is 9.80. The van der Waals surface area contributed by atoms with Crippen LogP contribution in [0.1, 0.15) is 47.6 Å². The van der Waals surface area contributed by atoms with Crippen LogP contribution in [-0.2, 0) is 17.6 Å². The van der Waals surface area contributed by atoms with Crippen LogP contribution in [0.5, 0.6) is 5.75 Å². The minimum Gasteiger partial charge on any atom is -0.493 e. The van der Waals surface area contributed by atoms with Crippen molar-refractivity contribution in [3.63, 3.8) is 0 Å². The summed E-state index contributed by atoms with van der Waals surface area (Å²) in [6.45, 7) is 2.83. The quantitative estimate of drug-likeness (QED) is 0.469. The van der Waals surface area contributed by atoms with Crippen molar-refractivity contribution in [2.75, 3.05) is 6.61 Å². The van der Waals surface area contributed by atoms with Crippen LogP contribution in [0.4, 0.5) is 0 Å². The minimum atomic E-state index is -0.663. The number of hydrogen-bond donors (Lipinski definition) is 2. The van der Waals surface area contributed by atoms with E-state index in [-0.39, 0.29) is 5.92 Å². The fourth-order valence-corrected chi connectivity index (χ4v) is 5.21. The Morgan fingerprint density at radius 3 is 2.64 bits per heavy atom. The van der Waals surface area contributed by atoms with Gasteiger partial charge in [0.2, 0.25) is 0 Å². The number of carboxylic acids is 1. The zero-order chi connectivity index (χ0) is 22.8. The van der Waals surface area contributed by atoms with Crippen molar-refractivity contribution in [3.8, 4) is 16.9 Å². The van der Waals surface area contributed by atoms with E-state index in [2.05, 4.69) is 72.9 Å². The smallest absolute Gasteiger partial charge is 0.306 e. The molecule has 0 amide bonds. The summed E-state index contributed by atoms with van der Waals surface area (Å²) >= 11 is 0. The Hall–Kier alpha value is -3.11. The Balaban J connectivity index is 1.14. The van der Waals surface area contributed by atoms with Gasteiger partial charge in [-0.15, -0.1) is 0 Å². The number of nitrogens with one attached hydrogen (secondary N) is 1. The predicted molar refractivity (Wildman–Crippen MR) is 131 cm³/mol. The molecule has 0 aliphatic heterocycles. The van der Waals surface area contributed by atoms with Crippen LogP contribution < -0.4 is 10.1 Å².